The van der Waals surface area contributed by atoms with Crippen LogP contribution in [0.4, 0.5) is 5.95 Å². The van der Waals surface area contributed by atoms with Crippen molar-refractivity contribution in [2.75, 3.05) is 25.1 Å². The number of hydrogen-bond donors (Lipinski definition) is 2. The van der Waals surface area contributed by atoms with Crippen LogP contribution >= 0.6 is 0 Å². The van der Waals surface area contributed by atoms with Crippen LogP contribution < -0.4 is 4.90 Å². The van der Waals surface area contributed by atoms with Gasteiger partial charge in [0, 0.05) is 25.7 Å². The lowest BCUT2D eigenvalue weighted by Gasteiger charge is -2.16. The van der Waals surface area contributed by atoms with E-state index in [1.807, 2.05) is 0 Å². The van der Waals surface area contributed by atoms with E-state index in [0.29, 0.717) is 18.2 Å². The molecule has 0 bridgehead atoms. The van der Waals surface area contributed by atoms with Crippen molar-refractivity contribution in [1.29, 1.82) is 0 Å². The lowest BCUT2D eigenvalue weighted by atomic mass is 10.1. The SMILES string of the molecule is CN(CCO)c1ncc(C(=O)O)c(C2CC2)n1. The van der Waals surface area contributed by atoms with Crippen LogP contribution in [0.25, 0.3) is 0 Å². The van der Waals surface area contributed by atoms with E-state index in [1.54, 1.807) is 11.9 Å². The van der Waals surface area contributed by atoms with Crippen molar-refractivity contribution in [3.05, 3.63) is 17.5 Å². The number of likely N-dealkylation sites (N-methyl/N-ethyl adjacent to an activating group) is 1. The monoisotopic (exact) mass is 237 g/mol. The molecule has 0 amide bonds. The average Bonchev–Trinajstić information content (AvgIpc) is 3.12. The minimum atomic E-state index is -0.983. The molecule has 0 aliphatic heterocycles. The number of aromatic carboxylic acids is 1. The second-order valence-electron chi connectivity index (χ2n) is 4.19. The van der Waals surface area contributed by atoms with Crippen LogP contribution in [-0.4, -0.2) is 46.3 Å². The number of carbonyl (C=O) groups is 1. The minimum Gasteiger partial charge on any atom is -0.478 e. The zero-order valence-corrected chi connectivity index (χ0v) is 9.63. The van der Waals surface area contributed by atoms with Gasteiger partial charge in [0.1, 0.15) is 0 Å². The number of aliphatic hydroxyl groups is 1. The van der Waals surface area contributed by atoms with Gasteiger partial charge in [-0.15, -0.1) is 0 Å². The molecule has 1 aromatic rings. The Morgan fingerprint density at radius 1 is 1.59 bits per heavy atom. The molecule has 17 heavy (non-hydrogen) atoms. The summed E-state index contributed by atoms with van der Waals surface area (Å²) in [6.45, 7) is 0.440. The molecule has 6 nitrogen and oxygen atoms in total. The third-order valence-electron chi connectivity index (χ3n) is 2.78. The summed E-state index contributed by atoms with van der Waals surface area (Å²) in [5.74, 6) is -0.264. The predicted octanol–water partition coefficient (Wildman–Crippen LogP) is 0.481. The van der Waals surface area contributed by atoms with Crippen LogP contribution in [0.15, 0.2) is 6.20 Å². The summed E-state index contributed by atoms with van der Waals surface area (Å²) in [5, 5.41) is 17.9. The number of hydrogen-bond acceptors (Lipinski definition) is 5. The third kappa shape index (κ3) is 2.52. The first kappa shape index (κ1) is 11.8. The van der Waals surface area contributed by atoms with E-state index >= 15 is 0 Å². The van der Waals surface area contributed by atoms with Crippen LogP contribution in [0.5, 0.6) is 0 Å². The number of nitrogens with zero attached hydrogens (tertiary/aromatic N) is 3. The molecule has 1 saturated carbocycles. The maximum Gasteiger partial charge on any atom is 0.339 e. The highest BCUT2D eigenvalue weighted by atomic mass is 16.4. The molecule has 2 rings (SSSR count). The highest BCUT2D eigenvalue weighted by Crippen LogP contribution is 2.40. The summed E-state index contributed by atoms with van der Waals surface area (Å²) in [6.07, 6.45) is 3.33. The van der Waals surface area contributed by atoms with Crippen LogP contribution in [-0.2, 0) is 0 Å². The summed E-state index contributed by atoms with van der Waals surface area (Å²) < 4.78 is 0. The van der Waals surface area contributed by atoms with E-state index in [4.69, 9.17) is 10.2 Å². The van der Waals surface area contributed by atoms with Crippen molar-refractivity contribution in [3.63, 3.8) is 0 Å². The Morgan fingerprint density at radius 2 is 2.29 bits per heavy atom. The van der Waals surface area contributed by atoms with Gasteiger partial charge in [-0.3, -0.25) is 0 Å². The standard InChI is InChI=1S/C11H15N3O3/c1-14(4-5-15)11-12-6-8(10(16)17)9(13-11)7-2-3-7/h6-7,15H,2-5H2,1H3,(H,16,17). The third-order valence-corrected chi connectivity index (χ3v) is 2.78. The maximum absolute atomic E-state index is 11.0. The quantitative estimate of drug-likeness (QED) is 0.774. The fourth-order valence-corrected chi connectivity index (χ4v) is 1.65. The number of carboxylic acids is 1. The number of carboxylic acid groups (broad SMARTS) is 1. The molecule has 0 unspecified atom stereocenters. The Kier molecular flexibility index (Phi) is 3.23. The van der Waals surface area contributed by atoms with Gasteiger partial charge in [-0.05, 0) is 12.8 Å². The van der Waals surface area contributed by atoms with E-state index in [-0.39, 0.29) is 18.1 Å². The summed E-state index contributed by atoms with van der Waals surface area (Å²) in [4.78, 5) is 21.0. The van der Waals surface area contributed by atoms with Gasteiger partial charge in [-0.25, -0.2) is 14.8 Å². The summed E-state index contributed by atoms with van der Waals surface area (Å²) in [6, 6.07) is 0. The fraction of sp³-hybridized carbons (Fsp3) is 0.545. The fourth-order valence-electron chi connectivity index (χ4n) is 1.65. The minimum absolute atomic E-state index is 0.0132. The first-order valence-corrected chi connectivity index (χ1v) is 5.55. The summed E-state index contributed by atoms with van der Waals surface area (Å²) >= 11 is 0. The van der Waals surface area contributed by atoms with Crippen LogP contribution in [0.3, 0.4) is 0 Å². The van der Waals surface area contributed by atoms with E-state index < -0.39 is 5.97 Å². The molecule has 0 aromatic carbocycles. The predicted molar refractivity (Wildman–Crippen MR) is 61.3 cm³/mol. The molecule has 92 valence electrons. The molecule has 1 aliphatic rings. The van der Waals surface area contributed by atoms with E-state index in [2.05, 4.69) is 9.97 Å². The molecule has 2 N–H and O–H groups in total. The lowest BCUT2D eigenvalue weighted by Crippen LogP contribution is -2.24. The molecular weight excluding hydrogens is 222 g/mol. The Morgan fingerprint density at radius 3 is 2.82 bits per heavy atom. The highest BCUT2D eigenvalue weighted by molar-refractivity contribution is 5.89. The number of aromatic nitrogens is 2. The van der Waals surface area contributed by atoms with Crippen LogP contribution in [0, 0.1) is 0 Å². The maximum atomic E-state index is 11.0. The summed E-state index contributed by atoms with van der Waals surface area (Å²) in [5.41, 5.74) is 0.806. The molecule has 1 fully saturated rings. The van der Waals surface area contributed by atoms with Crippen molar-refractivity contribution in [2.24, 2.45) is 0 Å². The molecule has 0 atom stereocenters. The molecule has 1 aliphatic carbocycles. The second kappa shape index (κ2) is 4.67. The van der Waals surface area contributed by atoms with Gasteiger partial charge >= 0.3 is 5.97 Å². The Hall–Kier alpha value is -1.69. The van der Waals surface area contributed by atoms with E-state index in [0.717, 1.165) is 12.8 Å². The molecule has 0 saturated heterocycles. The zero-order chi connectivity index (χ0) is 12.4. The molecule has 6 heteroatoms. The topological polar surface area (TPSA) is 86.5 Å². The van der Waals surface area contributed by atoms with Gasteiger partial charge in [-0.1, -0.05) is 0 Å². The van der Waals surface area contributed by atoms with Gasteiger partial charge in [0.2, 0.25) is 5.95 Å². The van der Waals surface area contributed by atoms with Gasteiger partial charge < -0.3 is 15.1 Å². The van der Waals surface area contributed by atoms with Gasteiger partial charge in [-0.2, -0.15) is 0 Å². The number of anilines is 1. The average molecular weight is 237 g/mol. The van der Waals surface area contributed by atoms with Crippen molar-refractivity contribution >= 4 is 11.9 Å². The first-order chi connectivity index (χ1) is 8.13. The van der Waals surface area contributed by atoms with Crippen LogP contribution in [0.2, 0.25) is 0 Å². The van der Waals surface area contributed by atoms with Crippen molar-refractivity contribution in [2.45, 2.75) is 18.8 Å². The lowest BCUT2D eigenvalue weighted by molar-refractivity contribution is 0.0694. The Balaban J connectivity index is 2.31. The molecule has 0 spiro atoms. The summed E-state index contributed by atoms with van der Waals surface area (Å²) in [7, 11) is 1.77. The first-order valence-electron chi connectivity index (χ1n) is 5.55. The highest BCUT2D eigenvalue weighted by Gasteiger charge is 2.30. The largest absolute Gasteiger partial charge is 0.478 e. The molecule has 0 radical (unpaired) electrons. The Labute approximate surface area is 98.9 Å². The molecule has 1 heterocycles. The van der Waals surface area contributed by atoms with E-state index in [9.17, 15) is 4.79 Å². The van der Waals surface area contributed by atoms with Crippen molar-refractivity contribution < 1.29 is 15.0 Å². The van der Waals surface area contributed by atoms with Crippen molar-refractivity contribution in [3.8, 4) is 0 Å². The number of rotatable bonds is 5. The number of aliphatic hydroxyl groups excluding tert-OH is 1. The Bertz CT molecular complexity index is 432. The van der Waals surface area contributed by atoms with Gasteiger partial charge in [0.05, 0.1) is 17.9 Å². The van der Waals surface area contributed by atoms with Crippen LogP contribution in [0.1, 0.15) is 34.8 Å². The van der Waals surface area contributed by atoms with Gasteiger partial charge in [0.25, 0.3) is 0 Å². The van der Waals surface area contributed by atoms with E-state index in [1.165, 1.54) is 6.20 Å². The molecule has 1 aromatic heterocycles. The smallest absolute Gasteiger partial charge is 0.339 e. The second-order valence-corrected chi connectivity index (χ2v) is 4.19. The zero-order valence-electron chi connectivity index (χ0n) is 9.63. The molecular formula is C11H15N3O3. The normalized spacial score (nSPS) is 14.7. The van der Waals surface area contributed by atoms with Crippen molar-refractivity contribution in [1.82, 2.24) is 9.97 Å². The van der Waals surface area contributed by atoms with Gasteiger partial charge in [0.15, 0.2) is 0 Å².